The van der Waals surface area contributed by atoms with E-state index < -0.39 is 0 Å². The molecule has 4 rings (SSSR count). The number of halogens is 2. The zero-order valence-corrected chi connectivity index (χ0v) is 19.7. The van der Waals surface area contributed by atoms with Crippen LogP contribution in [0.1, 0.15) is 16.7 Å². The van der Waals surface area contributed by atoms with E-state index in [0.29, 0.717) is 21.7 Å². The van der Waals surface area contributed by atoms with Gasteiger partial charge in [-0.05, 0) is 81.6 Å². The molecule has 1 fully saturated rings. The number of aliphatic imine (C=N–C) groups is 1. The molecule has 31 heavy (non-hydrogen) atoms. The number of ether oxygens (including phenoxy) is 1. The van der Waals surface area contributed by atoms with Crippen LogP contribution in [0, 0.1) is 6.92 Å². The number of nitrogens with one attached hydrogen (secondary N) is 1. The molecule has 3 aromatic rings. The van der Waals surface area contributed by atoms with Gasteiger partial charge in [0, 0.05) is 5.02 Å². The first-order chi connectivity index (χ1) is 15.0. The van der Waals surface area contributed by atoms with Crippen LogP contribution in [-0.4, -0.2) is 11.1 Å². The summed E-state index contributed by atoms with van der Waals surface area (Å²) in [6.07, 6.45) is 1.83. The van der Waals surface area contributed by atoms with E-state index in [9.17, 15) is 4.79 Å². The molecule has 1 aliphatic rings. The lowest BCUT2D eigenvalue weighted by molar-refractivity contribution is -0.115. The Hall–Kier alpha value is -2.54. The number of amides is 1. The summed E-state index contributed by atoms with van der Waals surface area (Å²) >= 11 is 11.0. The van der Waals surface area contributed by atoms with Gasteiger partial charge in [-0.3, -0.25) is 4.79 Å². The Morgan fingerprint density at radius 2 is 1.94 bits per heavy atom. The van der Waals surface area contributed by atoms with Gasteiger partial charge in [-0.15, -0.1) is 0 Å². The number of hydrogen-bond acceptors (Lipinski definition) is 4. The fourth-order valence-corrected chi connectivity index (χ4v) is 4.43. The fourth-order valence-electron chi connectivity index (χ4n) is 2.92. The summed E-state index contributed by atoms with van der Waals surface area (Å²) < 4.78 is 6.71. The number of rotatable bonds is 5. The molecule has 3 aromatic carbocycles. The lowest BCUT2D eigenvalue weighted by Crippen LogP contribution is -2.19. The van der Waals surface area contributed by atoms with Crippen molar-refractivity contribution in [1.82, 2.24) is 5.32 Å². The summed E-state index contributed by atoms with van der Waals surface area (Å²) in [4.78, 5) is 17.5. The zero-order valence-electron chi connectivity index (χ0n) is 16.6. The number of amidine groups is 1. The second kappa shape index (κ2) is 9.73. The molecule has 1 amide bonds. The van der Waals surface area contributed by atoms with E-state index in [1.165, 1.54) is 11.8 Å². The second-order valence-electron chi connectivity index (χ2n) is 6.83. The van der Waals surface area contributed by atoms with Crippen molar-refractivity contribution in [2.24, 2.45) is 4.99 Å². The van der Waals surface area contributed by atoms with Gasteiger partial charge < -0.3 is 10.1 Å². The molecular formula is C24H18BrClN2O2S. The Kier molecular flexibility index (Phi) is 6.80. The van der Waals surface area contributed by atoms with Crippen LogP contribution in [0.15, 0.2) is 81.1 Å². The van der Waals surface area contributed by atoms with E-state index >= 15 is 0 Å². The molecule has 0 aromatic heterocycles. The molecule has 0 bridgehead atoms. The summed E-state index contributed by atoms with van der Waals surface area (Å²) in [7, 11) is 0. The van der Waals surface area contributed by atoms with Crippen molar-refractivity contribution < 1.29 is 9.53 Å². The zero-order chi connectivity index (χ0) is 21.8. The summed E-state index contributed by atoms with van der Waals surface area (Å²) in [5, 5.41) is 3.99. The highest BCUT2D eigenvalue weighted by Crippen LogP contribution is 2.33. The fraction of sp³-hybridized carbons (Fsp3) is 0.0833. The standard InChI is InChI=1S/C24H18BrClN2O2S/c1-15-19(26)8-5-9-20(15)27-24-28-23(29)22(31-24)13-17-10-11-21(18(25)12-17)30-14-16-6-3-2-4-7-16/h2-13H,14H2,1H3,(H,27,28,29)/b22-13-. The molecule has 1 heterocycles. The second-order valence-corrected chi connectivity index (χ2v) is 9.12. The molecule has 0 spiro atoms. The van der Waals surface area contributed by atoms with Gasteiger partial charge in [0.15, 0.2) is 5.17 Å². The molecule has 1 saturated heterocycles. The lowest BCUT2D eigenvalue weighted by atomic mass is 10.2. The van der Waals surface area contributed by atoms with Gasteiger partial charge in [0.05, 0.1) is 15.1 Å². The van der Waals surface area contributed by atoms with Gasteiger partial charge in [0.25, 0.3) is 5.91 Å². The Morgan fingerprint density at radius 1 is 1.13 bits per heavy atom. The third-order valence-electron chi connectivity index (χ3n) is 4.60. The van der Waals surface area contributed by atoms with Crippen molar-refractivity contribution >= 4 is 62.1 Å². The molecule has 1 aliphatic heterocycles. The average molecular weight is 514 g/mol. The monoisotopic (exact) mass is 512 g/mol. The third kappa shape index (κ3) is 5.39. The summed E-state index contributed by atoms with van der Waals surface area (Å²) in [6.45, 7) is 2.39. The van der Waals surface area contributed by atoms with Crippen LogP contribution in [0.4, 0.5) is 5.69 Å². The number of benzene rings is 3. The molecule has 1 N–H and O–H groups in total. The molecule has 156 valence electrons. The predicted molar refractivity (Wildman–Crippen MR) is 132 cm³/mol. The van der Waals surface area contributed by atoms with Crippen LogP contribution in [0.5, 0.6) is 5.75 Å². The SMILES string of the molecule is Cc1c(Cl)cccc1N=C1NC(=O)/C(=C/c2ccc(OCc3ccccc3)c(Br)c2)S1. The van der Waals surface area contributed by atoms with E-state index in [4.69, 9.17) is 16.3 Å². The lowest BCUT2D eigenvalue weighted by Gasteiger charge is -2.09. The normalized spacial score (nSPS) is 16.0. The van der Waals surface area contributed by atoms with Gasteiger partial charge in [0.1, 0.15) is 12.4 Å². The molecule has 0 aliphatic carbocycles. The maximum atomic E-state index is 12.4. The van der Waals surface area contributed by atoms with Gasteiger partial charge in [-0.2, -0.15) is 0 Å². The number of thioether (sulfide) groups is 1. The van der Waals surface area contributed by atoms with E-state index in [1.807, 2.05) is 79.7 Å². The van der Waals surface area contributed by atoms with Crippen molar-refractivity contribution in [1.29, 1.82) is 0 Å². The first-order valence-electron chi connectivity index (χ1n) is 9.50. The van der Waals surface area contributed by atoms with E-state index in [1.54, 1.807) is 0 Å². The molecule has 0 unspecified atom stereocenters. The Labute approximate surface area is 198 Å². The maximum Gasteiger partial charge on any atom is 0.264 e. The van der Waals surface area contributed by atoms with Gasteiger partial charge in [0.2, 0.25) is 0 Å². The van der Waals surface area contributed by atoms with Crippen molar-refractivity contribution in [3.8, 4) is 5.75 Å². The molecule has 7 heteroatoms. The van der Waals surface area contributed by atoms with Gasteiger partial charge in [-0.1, -0.05) is 54.1 Å². The van der Waals surface area contributed by atoms with Crippen molar-refractivity contribution in [3.63, 3.8) is 0 Å². The highest BCUT2D eigenvalue weighted by molar-refractivity contribution is 9.10. The van der Waals surface area contributed by atoms with Crippen LogP contribution < -0.4 is 10.1 Å². The minimum atomic E-state index is -0.177. The van der Waals surface area contributed by atoms with Crippen molar-refractivity contribution in [2.75, 3.05) is 0 Å². The predicted octanol–water partition coefficient (Wildman–Crippen LogP) is 6.88. The minimum Gasteiger partial charge on any atom is -0.488 e. The van der Waals surface area contributed by atoms with Crippen LogP contribution >= 0.6 is 39.3 Å². The maximum absolute atomic E-state index is 12.4. The van der Waals surface area contributed by atoms with E-state index in [0.717, 1.165) is 32.6 Å². The van der Waals surface area contributed by atoms with Crippen LogP contribution in [0.25, 0.3) is 6.08 Å². The van der Waals surface area contributed by atoms with Crippen molar-refractivity contribution in [3.05, 3.63) is 97.8 Å². The smallest absolute Gasteiger partial charge is 0.264 e. The average Bonchev–Trinajstić information content (AvgIpc) is 3.10. The summed E-state index contributed by atoms with van der Waals surface area (Å²) in [6, 6.07) is 21.2. The summed E-state index contributed by atoms with van der Waals surface area (Å²) in [5.41, 5.74) is 3.59. The Morgan fingerprint density at radius 3 is 2.71 bits per heavy atom. The first kappa shape index (κ1) is 21.7. The number of hydrogen-bond donors (Lipinski definition) is 1. The topological polar surface area (TPSA) is 50.7 Å². The molecule has 4 nitrogen and oxygen atoms in total. The van der Waals surface area contributed by atoms with E-state index in [2.05, 4.69) is 26.2 Å². The highest BCUT2D eigenvalue weighted by atomic mass is 79.9. The van der Waals surface area contributed by atoms with Crippen LogP contribution in [-0.2, 0) is 11.4 Å². The van der Waals surface area contributed by atoms with Crippen molar-refractivity contribution in [2.45, 2.75) is 13.5 Å². The molecule has 0 radical (unpaired) electrons. The third-order valence-corrected chi connectivity index (χ3v) is 6.54. The van der Waals surface area contributed by atoms with Gasteiger partial charge >= 0.3 is 0 Å². The minimum absolute atomic E-state index is 0.177. The quantitative estimate of drug-likeness (QED) is 0.378. The van der Waals surface area contributed by atoms with E-state index in [-0.39, 0.29) is 5.91 Å². The Bertz CT molecular complexity index is 1200. The van der Waals surface area contributed by atoms with Crippen LogP contribution in [0.3, 0.4) is 0 Å². The van der Waals surface area contributed by atoms with Gasteiger partial charge in [-0.25, -0.2) is 4.99 Å². The number of nitrogens with zero attached hydrogens (tertiary/aromatic N) is 1. The molecule has 0 atom stereocenters. The highest BCUT2D eigenvalue weighted by Gasteiger charge is 2.24. The van der Waals surface area contributed by atoms with Crippen LogP contribution in [0.2, 0.25) is 5.02 Å². The number of carbonyl (C=O) groups is 1. The summed E-state index contributed by atoms with van der Waals surface area (Å²) in [5.74, 6) is 0.567. The largest absolute Gasteiger partial charge is 0.488 e. The molecular weight excluding hydrogens is 496 g/mol. The first-order valence-corrected chi connectivity index (χ1v) is 11.5. The molecule has 0 saturated carbocycles. The Balaban J connectivity index is 1.48. The number of carbonyl (C=O) groups excluding carboxylic acids is 1.